The Kier molecular flexibility index (Phi) is 5.94. The second kappa shape index (κ2) is 8.25. The van der Waals surface area contributed by atoms with Crippen LogP contribution in [0.2, 0.25) is 0 Å². The topological polar surface area (TPSA) is 76.4 Å². The molecule has 6 heteroatoms. The van der Waals surface area contributed by atoms with Gasteiger partial charge in [-0.2, -0.15) is 0 Å². The molecule has 0 unspecified atom stereocenters. The molecule has 0 aliphatic rings. The number of benzene rings is 2. The second-order valence-electron chi connectivity index (χ2n) is 7.30. The van der Waals surface area contributed by atoms with Crippen molar-refractivity contribution in [2.24, 2.45) is 0 Å². The summed E-state index contributed by atoms with van der Waals surface area (Å²) in [5.41, 5.74) is 4.50. The number of furan rings is 1. The highest BCUT2D eigenvalue weighted by Gasteiger charge is 2.32. The third kappa shape index (κ3) is 4.43. The fourth-order valence-electron chi connectivity index (χ4n) is 3.06. The Balaban J connectivity index is 1.89. The summed E-state index contributed by atoms with van der Waals surface area (Å²) in [4.78, 5) is 12.8. The molecule has 1 heterocycles. The molecule has 3 rings (SSSR count). The molecule has 0 spiro atoms. The van der Waals surface area contributed by atoms with Crippen molar-refractivity contribution in [3.8, 4) is 0 Å². The maximum Gasteiger partial charge on any atom is 0.251 e. The minimum absolute atomic E-state index is 0.0888. The SMILES string of the molecule is Cc1ccc(C(=O)NC[C@@H](c2ccco2)S(=O)(=O)c2ccc(C)c(C)c2)cc1C. The van der Waals surface area contributed by atoms with Gasteiger partial charge in [-0.15, -0.1) is 0 Å². The lowest BCUT2D eigenvalue weighted by Crippen LogP contribution is -2.32. The molecule has 0 bridgehead atoms. The van der Waals surface area contributed by atoms with Gasteiger partial charge in [0.05, 0.1) is 11.2 Å². The summed E-state index contributed by atoms with van der Waals surface area (Å²) in [6.45, 7) is 7.62. The molecule has 29 heavy (non-hydrogen) atoms. The largest absolute Gasteiger partial charge is 0.468 e. The summed E-state index contributed by atoms with van der Waals surface area (Å²) in [5.74, 6) is -0.0245. The molecule has 0 saturated carbocycles. The molecule has 1 amide bonds. The Bertz CT molecular complexity index is 1130. The van der Waals surface area contributed by atoms with Crippen molar-refractivity contribution in [3.63, 3.8) is 0 Å². The zero-order valence-electron chi connectivity index (χ0n) is 17.0. The highest BCUT2D eigenvalue weighted by Crippen LogP contribution is 2.30. The van der Waals surface area contributed by atoms with E-state index < -0.39 is 15.1 Å². The average Bonchev–Trinajstić information content (AvgIpc) is 3.20. The molecule has 0 saturated heterocycles. The molecule has 5 nitrogen and oxygen atoms in total. The highest BCUT2D eigenvalue weighted by molar-refractivity contribution is 7.91. The van der Waals surface area contributed by atoms with Crippen molar-refractivity contribution < 1.29 is 17.6 Å². The lowest BCUT2D eigenvalue weighted by atomic mass is 10.1. The van der Waals surface area contributed by atoms with Gasteiger partial charge in [-0.05, 0) is 86.3 Å². The van der Waals surface area contributed by atoms with Gasteiger partial charge in [-0.3, -0.25) is 4.79 Å². The van der Waals surface area contributed by atoms with Crippen molar-refractivity contribution in [3.05, 3.63) is 88.4 Å². The Labute approximate surface area is 171 Å². The van der Waals surface area contributed by atoms with E-state index in [-0.39, 0.29) is 17.3 Å². The van der Waals surface area contributed by atoms with E-state index in [1.807, 2.05) is 33.8 Å². The van der Waals surface area contributed by atoms with Crippen molar-refractivity contribution in [2.45, 2.75) is 37.8 Å². The number of hydrogen-bond acceptors (Lipinski definition) is 4. The van der Waals surface area contributed by atoms with Crippen LogP contribution in [-0.2, 0) is 9.84 Å². The normalized spacial score (nSPS) is 12.6. The van der Waals surface area contributed by atoms with Gasteiger partial charge in [0, 0.05) is 12.1 Å². The number of rotatable bonds is 6. The van der Waals surface area contributed by atoms with Gasteiger partial charge in [-0.25, -0.2) is 8.42 Å². The predicted molar refractivity (Wildman–Crippen MR) is 113 cm³/mol. The lowest BCUT2D eigenvalue weighted by Gasteiger charge is -2.17. The summed E-state index contributed by atoms with van der Waals surface area (Å²) >= 11 is 0. The molecule has 3 aromatic rings. The molecule has 1 aromatic heterocycles. The first-order chi connectivity index (χ1) is 13.7. The highest BCUT2D eigenvalue weighted by atomic mass is 32.2. The second-order valence-corrected chi connectivity index (χ2v) is 9.43. The predicted octanol–water partition coefficient (Wildman–Crippen LogP) is 4.46. The molecule has 0 fully saturated rings. The van der Waals surface area contributed by atoms with Crippen molar-refractivity contribution in [1.82, 2.24) is 5.32 Å². The maximum atomic E-state index is 13.3. The van der Waals surface area contributed by atoms with E-state index in [1.165, 1.54) is 6.26 Å². The summed E-state index contributed by atoms with van der Waals surface area (Å²) in [7, 11) is -3.76. The van der Waals surface area contributed by atoms with Crippen LogP contribution in [0, 0.1) is 27.7 Å². The quantitative estimate of drug-likeness (QED) is 0.650. The summed E-state index contributed by atoms with van der Waals surface area (Å²) < 4.78 is 32.1. The van der Waals surface area contributed by atoms with Crippen molar-refractivity contribution in [1.29, 1.82) is 0 Å². The molecule has 0 aliphatic carbocycles. The van der Waals surface area contributed by atoms with Crippen LogP contribution in [0.3, 0.4) is 0 Å². The van der Waals surface area contributed by atoms with Crippen LogP contribution in [0.5, 0.6) is 0 Å². The van der Waals surface area contributed by atoms with Gasteiger partial charge >= 0.3 is 0 Å². The maximum absolute atomic E-state index is 13.3. The number of nitrogens with one attached hydrogen (secondary N) is 1. The molecule has 1 atom stereocenters. The van der Waals surface area contributed by atoms with Crippen LogP contribution in [0.15, 0.2) is 64.1 Å². The van der Waals surface area contributed by atoms with Gasteiger partial charge in [0.2, 0.25) is 0 Å². The molecular weight excluding hydrogens is 386 g/mol. The summed E-state index contributed by atoms with van der Waals surface area (Å²) in [6, 6.07) is 13.7. The fraction of sp³-hybridized carbons (Fsp3) is 0.261. The van der Waals surface area contributed by atoms with Gasteiger partial charge in [0.15, 0.2) is 9.84 Å². The molecular formula is C23H25NO4S. The molecule has 152 valence electrons. The number of hydrogen-bond donors (Lipinski definition) is 1. The zero-order chi connectivity index (χ0) is 21.2. The van der Waals surface area contributed by atoms with Gasteiger partial charge in [0.1, 0.15) is 11.0 Å². The number of aryl methyl sites for hydroxylation is 4. The first kappa shape index (κ1) is 20.9. The first-order valence-corrected chi connectivity index (χ1v) is 10.9. The van der Waals surface area contributed by atoms with E-state index in [1.54, 1.807) is 42.5 Å². The Morgan fingerprint density at radius 3 is 2.17 bits per heavy atom. The Hall–Kier alpha value is -2.86. The Morgan fingerprint density at radius 1 is 0.931 bits per heavy atom. The van der Waals surface area contributed by atoms with Crippen LogP contribution in [0.4, 0.5) is 0 Å². The number of sulfone groups is 1. The van der Waals surface area contributed by atoms with Crippen LogP contribution in [0.1, 0.15) is 43.6 Å². The fourth-order valence-corrected chi connectivity index (χ4v) is 4.73. The Morgan fingerprint density at radius 2 is 1.59 bits per heavy atom. The average molecular weight is 412 g/mol. The smallest absolute Gasteiger partial charge is 0.251 e. The third-order valence-electron chi connectivity index (χ3n) is 5.26. The van der Waals surface area contributed by atoms with E-state index in [0.717, 1.165) is 22.3 Å². The van der Waals surface area contributed by atoms with Crippen LogP contribution >= 0.6 is 0 Å². The monoisotopic (exact) mass is 411 g/mol. The molecule has 2 aromatic carbocycles. The summed E-state index contributed by atoms with van der Waals surface area (Å²) in [5, 5.41) is 1.74. The van der Waals surface area contributed by atoms with Gasteiger partial charge < -0.3 is 9.73 Å². The molecule has 0 radical (unpaired) electrons. The van der Waals surface area contributed by atoms with E-state index >= 15 is 0 Å². The van der Waals surface area contributed by atoms with Crippen molar-refractivity contribution in [2.75, 3.05) is 6.54 Å². The zero-order valence-corrected chi connectivity index (χ0v) is 17.8. The summed E-state index contributed by atoms with van der Waals surface area (Å²) in [6.07, 6.45) is 1.43. The van der Waals surface area contributed by atoms with E-state index in [0.29, 0.717) is 11.3 Å². The van der Waals surface area contributed by atoms with E-state index in [2.05, 4.69) is 5.32 Å². The molecule has 1 N–H and O–H groups in total. The number of amides is 1. The third-order valence-corrected chi connectivity index (χ3v) is 7.32. The van der Waals surface area contributed by atoms with Gasteiger partial charge in [0.25, 0.3) is 5.91 Å². The number of carbonyl (C=O) groups is 1. The van der Waals surface area contributed by atoms with Crippen LogP contribution in [-0.4, -0.2) is 20.9 Å². The van der Waals surface area contributed by atoms with Crippen LogP contribution < -0.4 is 5.32 Å². The first-order valence-electron chi connectivity index (χ1n) is 9.40. The molecule has 0 aliphatic heterocycles. The standard InChI is InChI=1S/C23H25NO4S/c1-15-7-9-19(12-17(15)3)23(25)24-14-22(21-6-5-11-28-21)29(26,27)20-10-8-16(2)18(4)13-20/h5-13,22H,14H2,1-4H3,(H,24,25)/t22-/m0/s1. The minimum Gasteiger partial charge on any atom is -0.468 e. The van der Waals surface area contributed by atoms with Crippen molar-refractivity contribution >= 4 is 15.7 Å². The van der Waals surface area contributed by atoms with E-state index in [9.17, 15) is 13.2 Å². The van der Waals surface area contributed by atoms with Gasteiger partial charge in [-0.1, -0.05) is 12.1 Å². The lowest BCUT2D eigenvalue weighted by molar-refractivity contribution is 0.0953. The minimum atomic E-state index is -3.76. The van der Waals surface area contributed by atoms with Crippen LogP contribution in [0.25, 0.3) is 0 Å². The number of carbonyl (C=O) groups excluding carboxylic acids is 1. The van der Waals surface area contributed by atoms with E-state index in [4.69, 9.17) is 4.42 Å².